The molecule has 1 fully saturated rings. The molecule has 1 saturated heterocycles. The highest BCUT2D eigenvalue weighted by atomic mass is 16.5. The fraction of sp³-hybridized carbons (Fsp3) is 0.250. The number of nitrogens with one attached hydrogen (secondary N) is 2. The average Bonchev–Trinajstić information content (AvgIpc) is 3.12. The number of benzene rings is 1. The number of morpholine rings is 1. The van der Waals surface area contributed by atoms with Gasteiger partial charge in [0.15, 0.2) is 11.6 Å². The van der Waals surface area contributed by atoms with E-state index in [4.69, 9.17) is 9.72 Å². The summed E-state index contributed by atoms with van der Waals surface area (Å²) in [5, 5.41) is 10.4. The molecule has 3 aromatic rings. The molecular weight excluding hydrogens is 340 g/mol. The van der Waals surface area contributed by atoms with Crippen molar-refractivity contribution in [3.8, 4) is 0 Å². The standard InChI is InChI=1S/C20H22N6O/c1-15-13-19(25-24-15)22-18-14-20(26-9-11-27-12-10-26)23-17(21-18)8-7-16-5-3-2-4-6-16/h2-8,13-14H,9-12H2,1H3,(H2,21,22,23,24,25). The Bertz CT molecular complexity index is 915. The first-order valence-electron chi connectivity index (χ1n) is 9.00. The Kier molecular flexibility index (Phi) is 5.11. The third-order valence-electron chi connectivity index (χ3n) is 4.25. The van der Waals surface area contributed by atoms with Crippen LogP contribution < -0.4 is 10.2 Å². The van der Waals surface area contributed by atoms with E-state index in [1.54, 1.807) is 0 Å². The van der Waals surface area contributed by atoms with Gasteiger partial charge in [0.25, 0.3) is 0 Å². The van der Waals surface area contributed by atoms with E-state index in [0.29, 0.717) is 24.9 Å². The number of aromatic amines is 1. The number of aryl methyl sites for hydroxylation is 1. The molecule has 1 aromatic carbocycles. The van der Waals surface area contributed by atoms with Crippen LogP contribution in [0.4, 0.5) is 17.5 Å². The lowest BCUT2D eigenvalue weighted by Gasteiger charge is -2.28. The van der Waals surface area contributed by atoms with Crippen LogP contribution >= 0.6 is 0 Å². The Balaban J connectivity index is 1.64. The molecule has 138 valence electrons. The summed E-state index contributed by atoms with van der Waals surface area (Å²) in [5.41, 5.74) is 2.10. The fourth-order valence-electron chi connectivity index (χ4n) is 2.89. The Morgan fingerprint density at radius 3 is 2.59 bits per heavy atom. The zero-order valence-corrected chi connectivity index (χ0v) is 15.2. The number of hydrogen-bond acceptors (Lipinski definition) is 6. The van der Waals surface area contributed by atoms with Crippen molar-refractivity contribution in [2.75, 3.05) is 36.5 Å². The highest BCUT2D eigenvalue weighted by Crippen LogP contribution is 2.21. The Labute approximate surface area is 158 Å². The molecule has 0 amide bonds. The average molecular weight is 362 g/mol. The second kappa shape index (κ2) is 8.01. The quantitative estimate of drug-likeness (QED) is 0.725. The SMILES string of the molecule is Cc1cc(Nc2cc(N3CCOCC3)nc(C=Cc3ccccc3)n2)n[nH]1. The summed E-state index contributed by atoms with van der Waals surface area (Å²) in [4.78, 5) is 11.6. The summed E-state index contributed by atoms with van der Waals surface area (Å²) in [6.07, 6.45) is 3.95. The van der Waals surface area contributed by atoms with Crippen LogP contribution in [-0.4, -0.2) is 46.5 Å². The molecule has 7 heteroatoms. The third kappa shape index (κ3) is 4.51. The molecule has 27 heavy (non-hydrogen) atoms. The van der Waals surface area contributed by atoms with Crippen LogP contribution in [0.2, 0.25) is 0 Å². The first-order chi connectivity index (χ1) is 13.3. The van der Waals surface area contributed by atoms with Crippen molar-refractivity contribution in [3.63, 3.8) is 0 Å². The van der Waals surface area contributed by atoms with Gasteiger partial charge in [-0.25, -0.2) is 9.97 Å². The highest BCUT2D eigenvalue weighted by molar-refractivity contribution is 5.69. The largest absolute Gasteiger partial charge is 0.378 e. The van der Waals surface area contributed by atoms with E-state index in [1.807, 2.05) is 61.5 Å². The molecule has 0 radical (unpaired) electrons. The summed E-state index contributed by atoms with van der Waals surface area (Å²) in [6.45, 7) is 5.02. The van der Waals surface area contributed by atoms with E-state index in [9.17, 15) is 0 Å². The van der Waals surface area contributed by atoms with E-state index in [2.05, 4.69) is 25.4 Å². The van der Waals surface area contributed by atoms with Crippen LogP contribution in [0.3, 0.4) is 0 Å². The number of nitrogens with zero attached hydrogens (tertiary/aromatic N) is 4. The number of anilines is 3. The number of hydrogen-bond donors (Lipinski definition) is 2. The summed E-state index contributed by atoms with van der Waals surface area (Å²) in [5.74, 6) is 2.98. The summed E-state index contributed by atoms with van der Waals surface area (Å²) < 4.78 is 5.46. The monoisotopic (exact) mass is 362 g/mol. The predicted octanol–water partition coefficient (Wildman–Crippen LogP) is 3.26. The zero-order valence-electron chi connectivity index (χ0n) is 15.2. The van der Waals surface area contributed by atoms with Crippen LogP contribution in [0.5, 0.6) is 0 Å². The summed E-state index contributed by atoms with van der Waals surface area (Å²) >= 11 is 0. The molecule has 0 atom stereocenters. The minimum atomic E-state index is 0.651. The smallest absolute Gasteiger partial charge is 0.156 e. The molecule has 7 nitrogen and oxygen atoms in total. The maximum atomic E-state index is 5.46. The molecule has 0 bridgehead atoms. The predicted molar refractivity (Wildman–Crippen MR) is 107 cm³/mol. The van der Waals surface area contributed by atoms with E-state index < -0.39 is 0 Å². The molecule has 0 aliphatic carbocycles. The zero-order chi connectivity index (χ0) is 18.5. The normalized spacial score (nSPS) is 14.6. The third-order valence-corrected chi connectivity index (χ3v) is 4.25. The van der Waals surface area contributed by atoms with Crippen LogP contribution in [0.15, 0.2) is 42.5 Å². The number of H-pyrrole nitrogens is 1. The van der Waals surface area contributed by atoms with Crippen molar-refractivity contribution >= 4 is 29.6 Å². The van der Waals surface area contributed by atoms with Gasteiger partial charge in [-0.05, 0) is 18.6 Å². The van der Waals surface area contributed by atoms with Gasteiger partial charge in [-0.3, -0.25) is 5.10 Å². The first-order valence-corrected chi connectivity index (χ1v) is 9.00. The first kappa shape index (κ1) is 17.2. The van der Waals surface area contributed by atoms with E-state index >= 15 is 0 Å². The van der Waals surface area contributed by atoms with E-state index in [0.717, 1.165) is 36.0 Å². The lowest BCUT2D eigenvalue weighted by Crippen LogP contribution is -2.36. The second-order valence-electron chi connectivity index (χ2n) is 6.37. The van der Waals surface area contributed by atoms with Crippen molar-refractivity contribution in [2.45, 2.75) is 6.92 Å². The highest BCUT2D eigenvalue weighted by Gasteiger charge is 2.15. The lowest BCUT2D eigenvalue weighted by molar-refractivity contribution is 0.122. The summed E-state index contributed by atoms with van der Waals surface area (Å²) in [7, 11) is 0. The lowest BCUT2D eigenvalue weighted by atomic mass is 10.2. The van der Waals surface area contributed by atoms with Crippen LogP contribution in [0, 0.1) is 6.92 Å². The van der Waals surface area contributed by atoms with Crippen molar-refractivity contribution in [2.24, 2.45) is 0 Å². The maximum Gasteiger partial charge on any atom is 0.156 e. The maximum absolute atomic E-state index is 5.46. The van der Waals surface area contributed by atoms with Gasteiger partial charge in [-0.2, -0.15) is 5.10 Å². The molecule has 3 heterocycles. The minimum absolute atomic E-state index is 0.651. The van der Waals surface area contributed by atoms with Gasteiger partial charge in [0.1, 0.15) is 11.6 Å². The van der Waals surface area contributed by atoms with Crippen LogP contribution in [0.1, 0.15) is 17.1 Å². The van der Waals surface area contributed by atoms with Gasteiger partial charge in [0, 0.05) is 30.9 Å². The van der Waals surface area contributed by atoms with Crippen molar-refractivity contribution < 1.29 is 4.74 Å². The molecule has 2 aromatic heterocycles. The minimum Gasteiger partial charge on any atom is -0.378 e. The number of ether oxygens (including phenoxy) is 1. The molecule has 2 N–H and O–H groups in total. The second-order valence-corrected chi connectivity index (χ2v) is 6.37. The number of rotatable bonds is 5. The van der Waals surface area contributed by atoms with Gasteiger partial charge >= 0.3 is 0 Å². The van der Waals surface area contributed by atoms with E-state index in [-0.39, 0.29) is 0 Å². The molecule has 1 aliphatic heterocycles. The molecule has 4 rings (SSSR count). The van der Waals surface area contributed by atoms with Gasteiger partial charge in [-0.1, -0.05) is 36.4 Å². The fourth-order valence-corrected chi connectivity index (χ4v) is 2.89. The van der Waals surface area contributed by atoms with Crippen LogP contribution in [-0.2, 0) is 4.74 Å². The van der Waals surface area contributed by atoms with E-state index in [1.165, 1.54) is 0 Å². The Morgan fingerprint density at radius 1 is 1.04 bits per heavy atom. The Morgan fingerprint density at radius 2 is 1.85 bits per heavy atom. The van der Waals surface area contributed by atoms with Crippen molar-refractivity contribution in [3.05, 3.63) is 59.5 Å². The topological polar surface area (TPSA) is 79.0 Å². The molecule has 0 unspecified atom stereocenters. The van der Waals surface area contributed by atoms with Crippen molar-refractivity contribution in [1.29, 1.82) is 0 Å². The molecule has 0 saturated carbocycles. The van der Waals surface area contributed by atoms with Crippen molar-refractivity contribution in [1.82, 2.24) is 20.2 Å². The van der Waals surface area contributed by atoms with Gasteiger partial charge in [0.2, 0.25) is 0 Å². The Hall–Kier alpha value is -3.19. The van der Waals surface area contributed by atoms with Crippen LogP contribution in [0.25, 0.3) is 12.2 Å². The molecule has 1 aliphatic rings. The molecular formula is C20H22N6O. The van der Waals surface area contributed by atoms with Gasteiger partial charge < -0.3 is 15.0 Å². The summed E-state index contributed by atoms with van der Waals surface area (Å²) in [6, 6.07) is 14.0. The van der Waals surface area contributed by atoms with Gasteiger partial charge in [0.05, 0.1) is 13.2 Å². The van der Waals surface area contributed by atoms with Gasteiger partial charge in [-0.15, -0.1) is 0 Å². The number of aromatic nitrogens is 4. The molecule has 0 spiro atoms.